The largest absolute Gasteiger partial charge is 0.481 e. The molecule has 1 unspecified atom stereocenters. The normalized spacial score (nSPS) is 20.8. The number of halogens is 5. The Bertz CT molecular complexity index is 747. The van der Waals surface area contributed by atoms with Gasteiger partial charge >= 0.3 is 18.2 Å². The standard InChI is InChI=1S/C16H17F4N3O4.ClH/c1-8(23-6-9(14(25)26)10(7-23)16(18,19)20)13(24)22-15(27)21-12-5-3-2-4-11(12)17;/h2-5,8-10H,6-7H2,1H3,(H,25,26)(H2,21,22,24,27);1H/t8?,9-,10-;/m1./s1. The van der Waals surface area contributed by atoms with Crippen LogP contribution in [0.25, 0.3) is 0 Å². The zero-order chi connectivity index (χ0) is 20.4. The maximum absolute atomic E-state index is 13.5. The van der Waals surface area contributed by atoms with Gasteiger partial charge < -0.3 is 10.4 Å². The zero-order valence-electron chi connectivity index (χ0n) is 14.5. The Balaban J connectivity index is 0.00000392. The summed E-state index contributed by atoms with van der Waals surface area (Å²) in [5.41, 5.74) is -0.181. The Kier molecular flexibility index (Phi) is 7.76. The number of alkyl halides is 3. The molecule has 0 spiro atoms. The minimum Gasteiger partial charge on any atom is -0.481 e. The predicted octanol–water partition coefficient (Wildman–Crippen LogP) is 2.48. The first-order valence-corrected chi connectivity index (χ1v) is 7.90. The summed E-state index contributed by atoms with van der Waals surface area (Å²) < 4.78 is 52.5. The van der Waals surface area contributed by atoms with Gasteiger partial charge in [0.05, 0.1) is 23.6 Å². The summed E-state index contributed by atoms with van der Waals surface area (Å²) in [7, 11) is 0. The van der Waals surface area contributed by atoms with Gasteiger partial charge in [-0.1, -0.05) is 12.1 Å². The SMILES string of the molecule is CC(C(=O)NC(=O)Nc1ccccc1F)N1C[C@@H](C(F)(F)F)[C@H](C(=O)O)C1.Cl. The fourth-order valence-corrected chi connectivity index (χ4v) is 2.83. The molecular formula is C16H18ClF4N3O4. The van der Waals surface area contributed by atoms with Gasteiger partial charge in [0.15, 0.2) is 0 Å². The van der Waals surface area contributed by atoms with Crippen molar-refractivity contribution in [2.24, 2.45) is 11.8 Å². The number of hydrogen-bond acceptors (Lipinski definition) is 4. The van der Waals surface area contributed by atoms with E-state index >= 15 is 0 Å². The second kappa shape index (κ2) is 9.20. The molecule has 0 bridgehead atoms. The molecule has 7 nitrogen and oxygen atoms in total. The zero-order valence-corrected chi connectivity index (χ0v) is 15.3. The third-order valence-corrected chi connectivity index (χ3v) is 4.37. The van der Waals surface area contributed by atoms with E-state index in [1.165, 1.54) is 25.1 Å². The van der Waals surface area contributed by atoms with E-state index in [1.807, 2.05) is 5.32 Å². The van der Waals surface area contributed by atoms with Gasteiger partial charge in [0.2, 0.25) is 5.91 Å². The summed E-state index contributed by atoms with van der Waals surface area (Å²) in [6.07, 6.45) is -4.73. The molecule has 0 radical (unpaired) electrons. The molecule has 2 rings (SSSR count). The molecule has 156 valence electrons. The number of benzene rings is 1. The molecule has 3 amide bonds. The number of anilines is 1. The minimum atomic E-state index is -4.73. The minimum absolute atomic E-state index is 0. The van der Waals surface area contributed by atoms with Gasteiger partial charge in [-0.2, -0.15) is 13.2 Å². The number of likely N-dealkylation sites (tertiary alicyclic amines) is 1. The Morgan fingerprint density at radius 2 is 1.82 bits per heavy atom. The number of nitrogens with one attached hydrogen (secondary N) is 2. The molecule has 1 aromatic rings. The van der Waals surface area contributed by atoms with Crippen molar-refractivity contribution in [1.82, 2.24) is 10.2 Å². The van der Waals surface area contributed by atoms with Gasteiger partial charge in [0, 0.05) is 13.1 Å². The fraction of sp³-hybridized carbons (Fsp3) is 0.438. The van der Waals surface area contributed by atoms with Crippen LogP contribution in [0.2, 0.25) is 0 Å². The Hall–Kier alpha value is -2.40. The molecule has 0 aromatic heterocycles. The lowest BCUT2D eigenvalue weighted by molar-refractivity contribution is -0.188. The first-order chi connectivity index (χ1) is 12.5. The van der Waals surface area contributed by atoms with E-state index < -0.39 is 60.9 Å². The molecule has 3 N–H and O–H groups in total. The highest BCUT2D eigenvalue weighted by Crippen LogP contribution is 2.38. The lowest BCUT2D eigenvalue weighted by Crippen LogP contribution is -2.47. The summed E-state index contributed by atoms with van der Waals surface area (Å²) >= 11 is 0. The van der Waals surface area contributed by atoms with Gasteiger partial charge in [-0.15, -0.1) is 12.4 Å². The second-order valence-electron chi connectivity index (χ2n) is 6.15. The van der Waals surface area contributed by atoms with Crippen molar-refractivity contribution < 1.29 is 37.1 Å². The smallest absolute Gasteiger partial charge is 0.393 e. The lowest BCUT2D eigenvalue weighted by atomic mass is 9.96. The van der Waals surface area contributed by atoms with E-state index in [-0.39, 0.29) is 18.1 Å². The van der Waals surface area contributed by atoms with Crippen LogP contribution in [0.1, 0.15) is 6.92 Å². The molecule has 0 saturated carbocycles. The van der Waals surface area contributed by atoms with Crippen LogP contribution in [0.4, 0.5) is 28.0 Å². The van der Waals surface area contributed by atoms with Gasteiger partial charge in [-0.25, -0.2) is 9.18 Å². The number of nitrogens with zero attached hydrogens (tertiary/aromatic N) is 1. The first-order valence-electron chi connectivity index (χ1n) is 7.90. The lowest BCUT2D eigenvalue weighted by Gasteiger charge is -2.23. The number of carbonyl (C=O) groups excluding carboxylic acids is 2. The summed E-state index contributed by atoms with van der Waals surface area (Å²) in [6, 6.07) is 2.96. The number of rotatable bonds is 4. The van der Waals surface area contributed by atoms with Crippen LogP contribution in [0.3, 0.4) is 0 Å². The van der Waals surface area contributed by atoms with Gasteiger partial charge in [0.25, 0.3) is 0 Å². The van der Waals surface area contributed by atoms with Crippen molar-refractivity contribution in [3.05, 3.63) is 30.1 Å². The summed E-state index contributed by atoms with van der Waals surface area (Å²) in [4.78, 5) is 36.0. The van der Waals surface area contributed by atoms with E-state index in [0.29, 0.717) is 0 Å². The van der Waals surface area contributed by atoms with Crippen molar-refractivity contribution in [2.45, 2.75) is 19.1 Å². The van der Waals surface area contributed by atoms with Crippen LogP contribution >= 0.6 is 12.4 Å². The van der Waals surface area contributed by atoms with Crippen molar-refractivity contribution in [3.63, 3.8) is 0 Å². The monoisotopic (exact) mass is 427 g/mol. The van der Waals surface area contributed by atoms with Gasteiger partial charge in [-0.3, -0.25) is 19.8 Å². The first kappa shape index (κ1) is 23.6. The Morgan fingerprint density at radius 3 is 2.32 bits per heavy atom. The molecule has 1 aromatic carbocycles. The molecule has 0 aliphatic carbocycles. The molecule has 1 saturated heterocycles. The fourth-order valence-electron chi connectivity index (χ4n) is 2.83. The maximum atomic E-state index is 13.5. The number of carboxylic acids is 1. The third-order valence-electron chi connectivity index (χ3n) is 4.37. The number of carboxylic acid groups (broad SMARTS) is 1. The maximum Gasteiger partial charge on any atom is 0.393 e. The molecule has 3 atom stereocenters. The number of carbonyl (C=O) groups is 3. The molecule has 1 heterocycles. The van der Waals surface area contributed by atoms with E-state index in [0.717, 1.165) is 11.0 Å². The van der Waals surface area contributed by atoms with Gasteiger partial charge in [-0.05, 0) is 19.1 Å². The topological polar surface area (TPSA) is 98.7 Å². The van der Waals surface area contributed by atoms with Gasteiger partial charge in [0.1, 0.15) is 5.82 Å². The highest BCUT2D eigenvalue weighted by Gasteiger charge is 2.53. The van der Waals surface area contributed by atoms with Crippen LogP contribution in [-0.2, 0) is 9.59 Å². The number of amides is 3. The van der Waals surface area contributed by atoms with Crippen LogP contribution in [0.15, 0.2) is 24.3 Å². The summed E-state index contributed by atoms with van der Waals surface area (Å²) in [6.45, 7) is 0.0936. The van der Waals surface area contributed by atoms with Crippen molar-refractivity contribution in [1.29, 1.82) is 0 Å². The molecule has 1 aliphatic heterocycles. The molecule has 12 heteroatoms. The third kappa shape index (κ3) is 5.55. The number of hydrogen-bond donors (Lipinski definition) is 3. The van der Waals surface area contributed by atoms with Crippen LogP contribution in [-0.4, -0.2) is 53.2 Å². The molecule has 1 aliphatic rings. The van der Waals surface area contributed by atoms with Crippen LogP contribution in [0.5, 0.6) is 0 Å². The highest BCUT2D eigenvalue weighted by atomic mass is 35.5. The predicted molar refractivity (Wildman–Crippen MR) is 92.5 cm³/mol. The van der Waals surface area contributed by atoms with E-state index in [1.54, 1.807) is 0 Å². The molecule has 1 fully saturated rings. The molecular weight excluding hydrogens is 410 g/mol. The average Bonchev–Trinajstić information content (AvgIpc) is 3.02. The highest BCUT2D eigenvalue weighted by molar-refractivity contribution is 6.02. The average molecular weight is 428 g/mol. The van der Waals surface area contributed by atoms with E-state index in [2.05, 4.69) is 5.32 Å². The van der Waals surface area contributed by atoms with Crippen molar-refractivity contribution >= 4 is 36.0 Å². The Morgan fingerprint density at radius 1 is 1.21 bits per heavy atom. The number of aliphatic carboxylic acids is 1. The Labute approximate surface area is 163 Å². The quantitative estimate of drug-likeness (QED) is 0.641. The number of imide groups is 1. The number of para-hydroxylation sites is 1. The number of urea groups is 1. The van der Waals surface area contributed by atoms with E-state index in [9.17, 15) is 31.9 Å². The molecule has 28 heavy (non-hydrogen) atoms. The van der Waals surface area contributed by atoms with Crippen LogP contribution in [0, 0.1) is 17.7 Å². The van der Waals surface area contributed by atoms with Crippen molar-refractivity contribution in [2.75, 3.05) is 18.4 Å². The summed E-state index contributed by atoms with van der Waals surface area (Å²) in [5, 5.41) is 13.0. The van der Waals surface area contributed by atoms with Crippen LogP contribution < -0.4 is 10.6 Å². The summed E-state index contributed by atoms with van der Waals surface area (Å²) in [5.74, 6) is -7.09. The second-order valence-corrected chi connectivity index (χ2v) is 6.15. The van der Waals surface area contributed by atoms with Crippen molar-refractivity contribution in [3.8, 4) is 0 Å². The van der Waals surface area contributed by atoms with E-state index in [4.69, 9.17) is 5.11 Å².